The molecule has 0 bridgehead atoms. The first-order chi connectivity index (χ1) is 12.6. The van der Waals surface area contributed by atoms with Crippen LogP contribution in [0.2, 0.25) is 0 Å². The third-order valence-electron chi connectivity index (χ3n) is 3.97. The molecule has 1 unspecified atom stereocenters. The van der Waals surface area contributed by atoms with E-state index in [2.05, 4.69) is 15.5 Å². The summed E-state index contributed by atoms with van der Waals surface area (Å²) in [5.41, 5.74) is 1.38. The van der Waals surface area contributed by atoms with Crippen molar-refractivity contribution in [1.82, 2.24) is 15.5 Å². The summed E-state index contributed by atoms with van der Waals surface area (Å²) in [5.74, 6) is 0.502. The Bertz CT molecular complexity index is 955. The second-order valence-electron chi connectivity index (χ2n) is 5.74. The number of hydrogen-bond donors (Lipinski definition) is 1. The fraction of sp³-hybridized carbons (Fsp3) is 0.167. The number of rotatable bonds is 4. The van der Waals surface area contributed by atoms with Crippen LogP contribution in [0, 0.1) is 5.82 Å². The minimum absolute atomic E-state index is 0.0911. The van der Waals surface area contributed by atoms with E-state index in [-0.39, 0.29) is 30.4 Å². The molecule has 26 heavy (non-hydrogen) atoms. The van der Waals surface area contributed by atoms with Crippen molar-refractivity contribution in [2.45, 2.75) is 13.0 Å². The summed E-state index contributed by atoms with van der Waals surface area (Å²) < 4.78 is 28.7. The molecule has 1 amide bonds. The van der Waals surface area contributed by atoms with Gasteiger partial charge in [-0.2, -0.15) is 4.98 Å². The lowest BCUT2D eigenvalue weighted by Gasteiger charge is -2.12. The van der Waals surface area contributed by atoms with Crippen molar-refractivity contribution in [2.24, 2.45) is 0 Å². The number of ether oxygens (including phenoxy) is 2. The van der Waals surface area contributed by atoms with Gasteiger partial charge in [-0.15, -0.1) is 0 Å². The standard InChI is InChI=1S/C18H14FN3O4/c1-10(11-2-5-13(19)6-3-11)20-17(23)16-21-18(26-22-16)12-4-7-14-15(8-12)25-9-24-14/h2-8,10H,9H2,1H3,(H,20,23). The number of benzene rings is 2. The van der Waals surface area contributed by atoms with Crippen molar-refractivity contribution >= 4 is 5.91 Å². The number of nitrogens with one attached hydrogen (secondary N) is 1. The topological polar surface area (TPSA) is 86.5 Å². The van der Waals surface area contributed by atoms with E-state index in [1.807, 2.05) is 0 Å². The van der Waals surface area contributed by atoms with Gasteiger partial charge in [0.15, 0.2) is 11.5 Å². The first-order valence-electron chi connectivity index (χ1n) is 7.90. The van der Waals surface area contributed by atoms with E-state index in [4.69, 9.17) is 14.0 Å². The second kappa shape index (κ2) is 6.47. The normalized spacial score (nSPS) is 13.5. The van der Waals surface area contributed by atoms with Gasteiger partial charge in [-0.05, 0) is 42.8 Å². The lowest BCUT2D eigenvalue weighted by Crippen LogP contribution is -2.27. The molecule has 3 aromatic rings. The van der Waals surface area contributed by atoms with Gasteiger partial charge in [0.05, 0.1) is 6.04 Å². The molecule has 0 radical (unpaired) electrons. The van der Waals surface area contributed by atoms with Crippen LogP contribution in [0.25, 0.3) is 11.5 Å². The first kappa shape index (κ1) is 16.1. The average Bonchev–Trinajstić information content (AvgIpc) is 3.31. The van der Waals surface area contributed by atoms with Gasteiger partial charge in [0.25, 0.3) is 17.6 Å². The average molecular weight is 355 g/mol. The number of carbonyl (C=O) groups excluding carboxylic acids is 1. The molecular formula is C18H14FN3O4. The van der Waals surface area contributed by atoms with Crippen LogP contribution in [0.1, 0.15) is 29.1 Å². The maximum Gasteiger partial charge on any atom is 0.293 e. The van der Waals surface area contributed by atoms with Crippen molar-refractivity contribution in [2.75, 3.05) is 6.79 Å². The van der Waals surface area contributed by atoms with E-state index < -0.39 is 5.91 Å². The lowest BCUT2D eigenvalue weighted by atomic mass is 10.1. The molecule has 1 aliphatic heterocycles. The zero-order valence-corrected chi connectivity index (χ0v) is 13.7. The van der Waals surface area contributed by atoms with E-state index in [0.29, 0.717) is 17.1 Å². The summed E-state index contributed by atoms with van der Waals surface area (Å²) in [6.45, 7) is 1.95. The fourth-order valence-corrected chi connectivity index (χ4v) is 2.56. The number of halogens is 1. The Morgan fingerprint density at radius 2 is 1.92 bits per heavy atom. The van der Waals surface area contributed by atoms with Crippen molar-refractivity contribution in [3.05, 3.63) is 59.7 Å². The molecule has 8 heteroatoms. The van der Waals surface area contributed by atoms with Gasteiger partial charge in [-0.1, -0.05) is 17.3 Å². The number of fused-ring (bicyclic) bond motifs is 1. The molecule has 1 N–H and O–H groups in total. The fourth-order valence-electron chi connectivity index (χ4n) is 2.56. The van der Waals surface area contributed by atoms with E-state index in [0.717, 1.165) is 5.56 Å². The van der Waals surface area contributed by atoms with Gasteiger partial charge in [0.2, 0.25) is 6.79 Å². The molecule has 0 fully saturated rings. The van der Waals surface area contributed by atoms with Crippen molar-refractivity contribution < 1.29 is 23.2 Å². The number of aromatic nitrogens is 2. The van der Waals surface area contributed by atoms with Gasteiger partial charge in [-0.3, -0.25) is 4.79 Å². The van der Waals surface area contributed by atoms with Gasteiger partial charge >= 0.3 is 0 Å². The number of hydrogen-bond acceptors (Lipinski definition) is 6. The molecule has 1 atom stereocenters. The van der Waals surface area contributed by atoms with Crippen LogP contribution < -0.4 is 14.8 Å². The predicted octanol–water partition coefficient (Wildman–Crippen LogP) is 3.10. The third kappa shape index (κ3) is 3.08. The highest BCUT2D eigenvalue weighted by atomic mass is 19.1. The maximum atomic E-state index is 13.0. The second-order valence-corrected chi connectivity index (χ2v) is 5.74. The molecular weight excluding hydrogens is 341 g/mol. The molecule has 0 saturated carbocycles. The third-order valence-corrected chi connectivity index (χ3v) is 3.97. The summed E-state index contributed by atoms with van der Waals surface area (Å²) >= 11 is 0. The van der Waals surface area contributed by atoms with E-state index >= 15 is 0 Å². The van der Waals surface area contributed by atoms with Crippen LogP contribution in [0.15, 0.2) is 47.0 Å². The van der Waals surface area contributed by atoms with E-state index in [1.165, 1.54) is 12.1 Å². The van der Waals surface area contributed by atoms with Crippen molar-refractivity contribution in [3.8, 4) is 23.0 Å². The summed E-state index contributed by atoms with van der Waals surface area (Å²) in [7, 11) is 0. The van der Waals surface area contributed by atoms with Gasteiger partial charge in [-0.25, -0.2) is 4.39 Å². The summed E-state index contributed by atoms with van der Waals surface area (Å²) in [4.78, 5) is 16.4. The first-order valence-corrected chi connectivity index (χ1v) is 7.90. The van der Waals surface area contributed by atoms with Crippen LogP contribution in [0.4, 0.5) is 4.39 Å². The Kier molecular flexibility index (Phi) is 4.00. The molecule has 1 aliphatic rings. The highest BCUT2D eigenvalue weighted by Crippen LogP contribution is 2.35. The van der Waals surface area contributed by atoms with Gasteiger partial charge in [0, 0.05) is 5.56 Å². The molecule has 2 aromatic carbocycles. The Morgan fingerprint density at radius 3 is 2.73 bits per heavy atom. The summed E-state index contributed by atoms with van der Waals surface area (Å²) in [6.07, 6.45) is 0. The maximum absolute atomic E-state index is 13.0. The van der Waals surface area contributed by atoms with Crippen molar-refractivity contribution in [3.63, 3.8) is 0 Å². The molecule has 132 valence electrons. The Hall–Kier alpha value is -3.42. The highest BCUT2D eigenvalue weighted by molar-refractivity contribution is 5.90. The Balaban J connectivity index is 1.48. The zero-order chi connectivity index (χ0) is 18.1. The zero-order valence-electron chi connectivity index (χ0n) is 13.7. The Morgan fingerprint density at radius 1 is 1.15 bits per heavy atom. The van der Waals surface area contributed by atoms with Crippen LogP contribution in [-0.4, -0.2) is 22.8 Å². The number of nitrogens with zero attached hydrogens (tertiary/aromatic N) is 2. The predicted molar refractivity (Wildman–Crippen MR) is 88.1 cm³/mol. The molecule has 0 saturated heterocycles. The monoisotopic (exact) mass is 355 g/mol. The molecule has 4 rings (SSSR count). The summed E-state index contributed by atoms with van der Waals surface area (Å²) in [5, 5.41) is 6.46. The highest BCUT2D eigenvalue weighted by Gasteiger charge is 2.20. The summed E-state index contributed by atoms with van der Waals surface area (Å²) in [6, 6.07) is 10.7. The Labute approximate surface area is 147 Å². The lowest BCUT2D eigenvalue weighted by molar-refractivity contribution is 0.0926. The van der Waals surface area contributed by atoms with Crippen LogP contribution >= 0.6 is 0 Å². The molecule has 2 heterocycles. The SMILES string of the molecule is CC(NC(=O)c1noc(-c2ccc3c(c2)OCO3)n1)c1ccc(F)cc1. The molecule has 0 aliphatic carbocycles. The van der Waals surface area contributed by atoms with Gasteiger partial charge < -0.3 is 19.3 Å². The number of carbonyl (C=O) groups is 1. The molecule has 1 aromatic heterocycles. The van der Waals surface area contributed by atoms with Gasteiger partial charge in [0.1, 0.15) is 5.82 Å². The van der Waals surface area contributed by atoms with E-state index in [9.17, 15) is 9.18 Å². The van der Waals surface area contributed by atoms with Crippen LogP contribution in [0.5, 0.6) is 11.5 Å². The largest absolute Gasteiger partial charge is 0.454 e. The smallest absolute Gasteiger partial charge is 0.293 e. The van der Waals surface area contributed by atoms with Crippen LogP contribution in [-0.2, 0) is 0 Å². The minimum Gasteiger partial charge on any atom is -0.454 e. The van der Waals surface area contributed by atoms with Crippen LogP contribution in [0.3, 0.4) is 0 Å². The molecule has 0 spiro atoms. The minimum atomic E-state index is -0.488. The number of amides is 1. The quantitative estimate of drug-likeness (QED) is 0.774. The van der Waals surface area contributed by atoms with Crippen molar-refractivity contribution in [1.29, 1.82) is 0 Å². The van der Waals surface area contributed by atoms with E-state index in [1.54, 1.807) is 37.3 Å². The molecule has 7 nitrogen and oxygen atoms in total.